The molecule has 0 bridgehead atoms. The summed E-state index contributed by atoms with van der Waals surface area (Å²) in [6, 6.07) is 0. The van der Waals surface area contributed by atoms with E-state index in [2.05, 4.69) is 41.5 Å². The Hall–Kier alpha value is -0.0500. The minimum absolute atomic E-state index is 0. The average molecular weight is 259 g/mol. The lowest BCUT2D eigenvalue weighted by Crippen LogP contribution is -1.93. The third-order valence-electron chi connectivity index (χ3n) is 0. The first kappa shape index (κ1) is 36.0. The van der Waals surface area contributed by atoms with Crippen LogP contribution in [-0.2, 0) is 9.84 Å². The Morgan fingerprint density at radius 1 is 0.812 bits per heavy atom. The summed E-state index contributed by atoms with van der Waals surface area (Å²) in [5, 5.41) is 0. The van der Waals surface area contributed by atoms with Gasteiger partial charge in [0.2, 0.25) is 0 Å². The van der Waals surface area contributed by atoms with Crippen LogP contribution in [0, 0.1) is 5.41 Å². The summed E-state index contributed by atoms with van der Waals surface area (Å²) in [7, 11) is -2.67. The Balaban J connectivity index is -0.0000000220. The van der Waals surface area contributed by atoms with Gasteiger partial charge in [0.05, 0.1) is 0 Å². The van der Waals surface area contributed by atoms with Gasteiger partial charge in [-0.2, -0.15) is 0 Å². The van der Waals surface area contributed by atoms with E-state index in [1.807, 2.05) is 0 Å². The molecular weight excluding hydrogens is 220 g/mol. The lowest BCUT2D eigenvalue weighted by atomic mass is 10.0. The third-order valence-corrected chi connectivity index (χ3v) is 0. The fraction of sp³-hybridized carbons (Fsp3) is 1.00. The second kappa shape index (κ2) is 17.3. The Morgan fingerprint density at radius 3 is 0.812 bits per heavy atom. The quantitative estimate of drug-likeness (QED) is 0.610. The van der Waals surface area contributed by atoms with Gasteiger partial charge in [-0.3, -0.25) is 0 Å². The zero-order chi connectivity index (χ0) is 11.7. The predicted molar refractivity (Wildman–Crippen MR) is 82.1 cm³/mol. The normalized spacial score (nSPS) is 8.50. The molecule has 0 aromatic rings. The number of sulfone groups is 1. The summed E-state index contributed by atoms with van der Waals surface area (Å²) in [5.41, 5.74) is 0.500. The molecule has 16 heavy (non-hydrogen) atoms. The lowest BCUT2D eigenvalue weighted by molar-refractivity contribution is 0.469. The monoisotopic (exact) mass is 258 g/mol. The molecule has 0 N–H and O–H groups in total. The molecule has 0 radical (unpaired) electrons. The second-order valence-electron chi connectivity index (χ2n) is 4.85. The first-order valence-electron chi connectivity index (χ1n) is 4.56. The Kier molecular flexibility index (Phi) is 39.0. The van der Waals surface area contributed by atoms with Gasteiger partial charge in [-0.1, -0.05) is 70.2 Å². The molecule has 2 nitrogen and oxygen atoms in total. The van der Waals surface area contributed by atoms with E-state index >= 15 is 0 Å². The molecule has 108 valence electrons. The van der Waals surface area contributed by atoms with Crippen LogP contribution in [0.15, 0.2) is 0 Å². The van der Waals surface area contributed by atoms with E-state index in [1.54, 1.807) is 0 Å². The Morgan fingerprint density at radius 2 is 0.812 bits per heavy atom. The van der Waals surface area contributed by atoms with Gasteiger partial charge in [0, 0.05) is 12.5 Å². The minimum Gasteiger partial charge on any atom is -0.229 e. The van der Waals surface area contributed by atoms with Crippen molar-refractivity contribution < 1.29 is 8.42 Å². The van der Waals surface area contributed by atoms with E-state index in [4.69, 9.17) is 0 Å². The van der Waals surface area contributed by atoms with Gasteiger partial charge in [0.25, 0.3) is 0 Å². The highest BCUT2D eigenvalue weighted by atomic mass is 32.2. The van der Waals surface area contributed by atoms with Gasteiger partial charge >= 0.3 is 0 Å². The van der Waals surface area contributed by atoms with Gasteiger partial charge in [-0.05, 0) is 5.41 Å². The summed E-state index contributed by atoms with van der Waals surface area (Å²) < 4.78 is 19.3. The van der Waals surface area contributed by atoms with Crippen LogP contribution in [0.1, 0.15) is 70.2 Å². The molecule has 0 spiro atoms. The second-order valence-corrected chi connectivity index (χ2v) is 7.14. The highest BCUT2D eigenvalue weighted by molar-refractivity contribution is 7.89. The standard InChI is InChI=1S/C5H12.C3H8.C2H6O2S.3CH4/c1-5(2,3)4;1-3-2;1-5(2,3)4;;;/h1-4H3;3H2,1-2H3;1-2H3;3*1H4. The van der Waals surface area contributed by atoms with Crippen LogP contribution >= 0.6 is 0 Å². The highest BCUT2D eigenvalue weighted by Crippen LogP contribution is 2.07. The van der Waals surface area contributed by atoms with Crippen molar-refractivity contribution in [3.05, 3.63) is 0 Å². The molecule has 0 aromatic carbocycles. The Labute approximate surface area is 107 Å². The molecule has 0 aliphatic heterocycles. The molecule has 0 saturated carbocycles. The van der Waals surface area contributed by atoms with Gasteiger partial charge in [0.1, 0.15) is 9.84 Å². The summed E-state index contributed by atoms with van der Waals surface area (Å²) in [5.74, 6) is 0. The van der Waals surface area contributed by atoms with Crippen LogP contribution in [0.3, 0.4) is 0 Å². The van der Waals surface area contributed by atoms with Gasteiger partial charge in [0.15, 0.2) is 0 Å². The minimum atomic E-state index is -2.67. The zero-order valence-corrected chi connectivity index (χ0v) is 11.2. The molecule has 0 aliphatic carbocycles. The topological polar surface area (TPSA) is 34.1 Å². The van der Waals surface area contributed by atoms with Crippen LogP contribution in [0.2, 0.25) is 0 Å². The van der Waals surface area contributed by atoms with Crippen LogP contribution in [0.25, 0.3) is 0 Å². The molecule has 0 fully saturated rings. The maximum absolute atomic E-state index is 9.63. The van der Waals surface area contributed by atoms with Gasteiger partial charge in [-0.25, -0.2) is 8.42 Å². The van der Waals surface area contributed by atoms with Crippen molar-refractivity contribution in [3.8, 4) is 0 Å². The smallest absolute Gasteiger partial charge is 0.144 e. The third kappa shape index (κ3) is 936000. The molecule has 0 unspecified atom stereocenters. The Bertz CT molecular complexity index is 161. The number of hydrogen-bond acceptors (Lipinski definition) is 2. The van der Waals surface area contributed by atoms with Crippen molar-refractivity contribution >= 4 is 9.84 Å². The molecule has 3 heteroatoms. The van der Waals surface area contributed by atoms with Crippen molar-refractivity contribution in [2.75, 3.05) is 12.5 Å². The fourth-order valence-corrected chi connectivity index (χ4v) is 0. The van der Waals surface area contributed by atoms with E-state index in [0.29, 0.717) is 5.41 Å². The molecule has 0 rings (SSSR count). The SMILES string of the molecule is C.C.C.CC(C)(C)C.CCC.CS(C)(=O)=O. The largest absolute Gasteiger partial charge is 0.229 e. The van der Waals surface area contributed by atoms with Gasteiger partial charge in [-0.15, -0.1) is 0 Å². The maximum Gasteiger partial charge on any atom is 0.144 e. The van der Waals surface area contributed by atoms with Crippen LogP contribution in [0.4, 0.5) is 0 Å². The van der Waals surface area contributed by atoms with Crippen LogP contribution < -0.4 is 0 Å². The summed E-state index contributed by atoms with van der Waals surface area (Å²) in [6.45, 7) is 13.0. The van der Waals surface area contributed by atoms with Crippen molar-refractivity contribution in [2.24, 2.45) is 5.41 Å². The predicted octanol–water partition coefficient (Wildman–Crippen LogP) is 5.04. The summed E-state index contributed by atoms with van der Waals surface area (Å²) in [4.78, 5) is 0. The van der Waals surface area contributed by atoms with E-state index in [0.717, 1.165) is 12.5 Å². The highest BCUT2D eigenvalue weighted by Gasteiger charge is 1.95. The maximum atomic E-state index is 9.63. The summed E-state index contributed by atoms with van der Waals surface area (Å²) >= 11 is 0. The first-order chi connectivity index (χ1) is 5.41. The molecular formula is C13H38O2S. The average Bonchev–Trinajstić information content (AvgIpc) is 1.52. The molecule has 0 aromatic heterocycles. The first-order valence-corrected chi connectivity index (χ1v) is 6.86. The van der Waals surface area contributed by atoms with Crippen molar-refractivity contribution in [2.45, 2.75) is 70.2 Å². The summed E-state index contributed by atoms with van der Waals surface area (Å²) in [6.07, 6.45) is 3.57. The zero-order valence-electron chi connectivity index (χ0n) is 10.4. The number of rotatable bonds is 0. The lowest BCUT2D eigenvalue weighted by Gasteiger charge is -2.05. The van der Waals surface area contributed by atoms with E-state index < -0.39 is 9.84 Å². The van der Waals surface area contributed by atoms with E-state index in [1.165, 1.54) is 6.42 Å². The van der Waals surface area contributed by atoms with Crippen molar-refractivity contribution in [1.82, 2.24) is 0 Å². The fourth-order valence-electron chi connectivity index (χ4n) is 0. The van der Waals surface area contributed by atoms with Crippen LogP contribution in [0.5, 0.6) is 0 Å². The molecule has 0 amide bonds. The van der Waals surface area contributed by atoms with Gasteiger partial charge < -0.3 is 0 Å². The van der Waals surface area contributed by atoms with E-state index in [9.17, 15) is 8.42 Å². The molecule has 0 aliphatic rings. The molecule has 0 atom stereocenters. The van der Waals surface area contributed by atoms with Crippen molar-refractivity contribution in [1.29, 1.82) is 0 Å². The van der Waals surface area contributed by atoms with Crippen LogP contribution in [-0.4, -0.2) is 20.9 Å². The molecule has 0 saturated heterocycles. The molecule has 0 heterocycles. The number of hydrogen-bond donors (Lipinski definition) is 0. The van der Waals surface area contributed by atoms with Crippen molar-refractivity contribution in [3.63, 3.8) is 0 Å². The van der Waals surface area contributed by atoms with E-state index in [-0.39, 0.29) is 22.3 Å².